The summed E-state index contributed by atoms with van der Waals surface area (Å²) < 4.78 is 2.40. The molecule has 3 aromatic carbocycles. The molecule has 0 radical (unpaired) electrons. The maximum atomic E-state index is 5.04. The standard InChI is InChI=1S/C28H28N2/c1-22-29-26(20-27(2)18-19-27)21-30(22)28(23-12-6-3-7-13-23,24-14-8-4-9-15-24)25-16-10-5-11-17-25/h3-17,21H,18-20H2,1-2H3. The number of imidazole rings is 1. The fourth-order valence-corrected chi connectivity index (χ4v) is 4.74. The molecule has 0 atom stereocenters. The van der Waals surface area contributed by atoms with Crippen LogP contribution in [0.25, 0.3) is 0 Å². The number of nitrogens with zero attached hydrogens (tertiary/aromatic N) is 2. The lowest BCUT2D eigenvalue weighted by atomic mass is 9.76. The van der Waals surface area contributed by atoms with Crippen molar-refractivity contribution in [2.45, 2.75) is 38.6 Å². The number of hydrogen-bond donors (Lipinski definition) is 0. The Bertz CT molecular complexity index is 1030. The van der Waals surface area contributed by atoms with Gasteiger partial charge in [-0.15, -0.1) is 0 Å². The minimum absolute atomic E-state index is 0.431. The minimum Gasteiger partial charge on any atom is -0.316 e. The summed E-state index contributed by atoms with van der Waals surface area (Å²) in [4.78, 5) is 5.04. The van der Waals surface area contributed by atoms with Gasteiger partial charge in [0, 0.05) is 6.20 Å². The molecule has 0 saturated heterocycles. The first-order valence-electron chi connectivity index (χ1n) is 10.8. The van der Waals surface area contributed by atoms with Crippen LogP contribution in [0.15, 0.2) is 97.2 Å². The second-order valence-corrected chi connectivity index (χ2v) is 8.95. The van der Waals surface area contributed by atoms with E-state index in [1.54, 1.807) is 0 Å². The van der Waals surface area contributed by atoms with Crippen LogP contribution >= 0.6 is 0 Å². The Morgan fingerprint density at radius 1 is 0.767 bits per heavy atom. The van der Waals surface area contributed by atoms with Crippen molar-refractivity contribution in [1.82, 2.24) is 9.55 Å². The second-order valence-electron chi connectivity index (χ2n) is 8.95. The third kappa shape index (κ3) is 3.17. The van der Waals surface area contributed by atoms with Crippen molar-refractivity contribution in [3.05, 3.63) is 125 Å². The summed E-state index contributed by atoms with van der Waals surface area (Å²) in [5, 5.41) is 0. The molecule has 150 valence electrons. The predicted octanol–water partition coefficient (Wildman–Crippen LogP) is 6.37. The number of rotatable bonds is 6. The summed E-state index contributed by atoms with van der Waals surface area (Å²) in [5.74, 6) is 1.05. The Morgan fingerprint density at radius 3 is 1.60 bits per heavy atom. The molecule has 1 aliphatic carbocycles. The van der Waals surface area contributed by atoms with Crippen molar-refractivity contribution in [3.63, 3.8) is 0 Å². The van der Waals surface area contributed by atoms with Gasteiger partial charge in [0.25, 0.3) is 0 Å². The van der Waals surface area contributed by atoms with Crippen molar-refractivity contribution < 1.29 is 0 Å². The molecule has 4 aromatic rings. The summed E-state index contributed by atoms with van der Waals surface area (Å²) in [7, 11) is 0. The molecule has 1 saturated carbocycles. The van der Waals surface area contributed by atoms with Crippen LogP contribution in [0.4, 0.5) is 0 Å². The highest BCUT2D eigenvalue weighted by molar-refractivity contribution is 5.51. The molecule has 2 nitrogen and oxygen atoms in total. The molecule has 1 heterocycles. The lowest BCUT2D eigenvalue weighted by Gasteiger charge is -2.38. The molecular weight excluding hydrogens is 364 g/mol. The van der Waals surface area contributed by atoms with E-state index in [4.69, 9.17) is 4.98 Å². The maximum absolute atomic E-state index is 5.04. The predicted molar refractivity (Wildman–Crippen MR) is 123 cm³/mol. The fourth-order valence-electron chi connectivity index (χ4n) is 4.74. The van der Waals surface area contributed by atoms with Crippen molar-refractivity contribution in [2.75, 3.05) is 0 Å². The van der Waals surface area contributed by atoms with Gasteiger partial charge in [-0.2, -0.15) is 0 Å². The lowest BCUT2D eigenvalue weighted by Crippen LogP contribution is -2.38. The maximum Gasteiger partial charge on any atom is 0.121 e. The van der Waals surface area contributed by atoms with Gasteiger partial charge in [-0.05, 0) is 48.3 Å². The zero-order valence-electron chi connectivity index (χ0n) is 17.8. The van der Waals surface area contributed by atoms with Crippen LogP contribution in [0.1, 0.15) is 48.0 Å². The van der Waals surface area contributed by atoms with Gasteiger partial charge in [0.2, 0.25) is 0 Å². The fraction of sp³-hybridized carbons (Fsp3) is 0.250. The van der Waals surface area contributed by atoms with E-state index in [2.05, 4.69) is 116 Å². The third-order valence-corrected chi connectivity index (χ3v) is 6.58. The topological polar surface area (TPSA) is 17.8 Å². The monoisotopic (exact) mass is 392 g/mol. The molecule has 0 spiro atoms. The molecule has 0 amide bonds. The lowest BCUT2D eigenvalue weighted by molar-refractivity contribution is 0.500. The first-order valence-corrected chi connectivity index (χ1v) is 10.8. The van der Waals surface area contributed by atoms with Gasteiger partial charge >= 0.3 is 0 Å². The number of aromatic nitrogens is 2. The van der Waals surface area contributed by atoms with Crippen LogP contribution in [-0.2, 0) is 12.0 Å². The molecular formula is C28H28N2. The third-order valence-electron chi connectivity index (χ3n) is 6.58. The van der Waals surface area contributed by atoms with E-state index in [1.165, 1.54) is 35.2 Å². The number of benzene rings is 3. The highest BCUT2D eigenvalue weighted by atomic mass is 15.1. The van der Waals surface area contributed by atoms with Crippen LogP contribution in [0, 0.1) is 12.3 Å². The molecule has 2 heteroatoms. The summed E-state index contributed by atoms with van der Waals surface area (Å²) in [5.41, 5.74) is 4.88. The normalized spacial score (nSPS) is 15.1. The SMILES string of the molecule is Cc1nc(CC2(C)CC2)cn1C(c1ccccc1)(c1ccccc1)c1ccccc1. The van der Waals surface area contributed by atoms with Gasteiger partial charge in [0.15, 0.2) is 0 Å². The van der Waals surface area contributed by atoms with Crippen LogP contribution in [0.2, 0.25) is 0 Å². The molecule has 5 rings (SSSR count). The molecule has 0 aliphatic heterocycles. The average molecular weight is 393 g/mol. The van der Waals surface area contributed by atoms with Gasteiger partial charge < -0.3 is 4.57 Å². The molecule has 0 bridgehead atoms. The molecule has 0 unspecified atom stereocenters. The van der Waals surface area contributed by atoms with E-state index >= 15 is 0 Å². The van der Waals surface area contributed by atoms with Crippen LogP contribution in [0.5, 0.6) is 0 Å². The molecule has 1 fully saturated rings. The van der Waals surface area contributed by atoms with E-state index in [9.17, 15) is 0 Å². The van der Waals surface area contributed by atoms with Gasteiger partial charge in [-0.1, -0.05) is 97.9 Å². The van der Waals surface area contributed by atoms with E-state index in [-0.39, 0.29) is 0 Å². The Kier molecular flexibility index (Phi) is 4.58. The highest BCUT2D eigenvalue weighted by Gasteiger charge is 2.41. The number of hydrogen-bond acceptors (Lipinski definition) is 1. The summed E-state index contributed by atoms with van der Waals surface area (Å²) in [6.07, 6.45) is 5.96. The number of aryl methyl sites for hydroxylation is 1. The van der Waals surface area contributed by atoms with Gasteiger partial charge in [0.05, 0.1) is 5.69 Å². The smallest absolute Gasteiger partial charge is 0.121 e. The van der Waals surface area contributed by atoms with Crippen LogP contribution in [-0.4, -0.2) is 9.55 Å². The summed E-state index contributed by atoms with van der Waals surface area (Å²) in [6.45, 7) is 4.52. The van der Waals surface area contributed by atoms with E-state index < -0.39 is 5.54 Å². The van der Waals surface area contributed by atoms with Crippen molar-refractivity contribution >= 4 is 0 Å². The van der Waals surface area contributed by atoms with Gasteiger partial charge in [-0.3, -0.25) is 0 Å². The zero-order valence-corrected chi connectivity index (χ0v) is 17.8. The second kappa shape index (κ2) is 7.28. The van der Waals surface area contributed by atoms with E-state index in [0.717, 1.165) is 12.2 Å². The minimum atomic E-state index is -0.469. The quantitative estimate of drug-likeness (QED) is 0.348. The molecule has 30 heavy (non-hydrogen) atoms. The van der Waals surface area contributed by atoms with Gasteiger partial charge in [-0.25, -0.2) is 4.98 Å². The van der Waals surface area contributed by atoms with Crippen molar-refractivity contribution in [2.24, 2.45) is 5.41 Å². The Hall–Kier alpha value is -3.13. The van der Waals surface area contributed by atoms with Gasteiger partial charge in [0.1, 0.15) is 11.4 Å². The molecule has 0 N–H and O–H groups in total. The first-order chi connectivity index (χ1) is 14.6. The van der Waals surface area contributed by atoms with E-state index in [1.807, 2.05) is 0 Å². The zero-order chi connectivity index (χ0) is 20.6. The Balaban J connectivity index is 1.81. The van der Waals surface area contributed by atoms with E-state index in [0.29, 0.717) is 5.41 Å². The summed E-state index contributed by atoms with van der Waals surface area (Å²) >= 11 is 0. The van der Waals surface area contributed by atoms with Crippen molar-refractivity contribution in [3.8, 4) is 0 Å². The largest absolute Gasteiger partial charge is 0.316 e. The Morgan fingerprint density at radius 2 is 1.20 bits per heavy atom. The average Bonchev–Trinajstić information content (AvgIpc) is 3.41. The Labute approximate surface area is 179 Å². The first kappa shape index (κ1) is 18.9. The molecule has 1 aromatic heterocycles. The highest BCUT2D eigenvalue weighted by Crippen LogP contribution is 2.48. The molecule has 1 aliphatic rings. The van der Waals surface area contributed by atoms with Crippen LogP contribution < -0.4 is 0 Å². The van der Waals surface area contributed by atoms with Crippen molar-refractivity contribution in [1.29, 1.82) is 0 Å². The summed E-state index contributed by atoms with van der Waals surface area (Å²) in [6, 6.07) is 32.5. The van der Waals surface area contributed by atoms with Crippen LogP contribution in [0.3, 0.4) is 0 Å².